The minimum Gasteiger partial charge on any atom is -0.461 e. The van der Waals surface area contributed by atoms with Gasteiger partial charge in [0, 0.05) is 13.1 Å². The first-order chi connectivity index (χ1) is 12.6. The molecule has 3 rings (SSSR count). The molecule has 0 aliphatic rings. The molecule has 26 heavy (non-hydrogen) atoms. The van der Waals surface area contributed by atoms with Gasteiger partial charge in [0.2, 0.25) is 5.91 Å². The lowest BCUT2D eigenvalue weighted by atomic mass is 10.2. The molecule has 3 aromatic heterocycles. The van der Waals surface area contributed by atoms with E-state index in [-0.39, 0.29) is 11.2 Å². The summed E-state index contributed by atoms with van der Waals surface area (Å²) in [6.07, 6.45) is 4.26. The predicted molar refractivity (Wildman–Crippen MR) is 97.7 cm³/mol. The van der Waals surface area contributed by atoms with Gasteiger partial charge in [-0.1, -0.05) is 36.7 Å². The number of hydrogen-bond acceptors (Lipinski definition) is 7. The zero-order valence-corrected chi connectivity index (χ0v) is 15.7. The van der Waals surface area contributed by atoms with Crippen LogP contribution in [0.15, 0.2) is 38.6 Å². The van der Waals surface area contributed by atoms with Crippen molar-refractivity contribution < 1.29 is 13.7 Å². The highest BCUT2D eigenvalue weighted by Crippen LogP contribution is 2.29. The van der Waals surface area contributed by atoms with E-state index in [0.717, 1.165) is 19.3 Å². The summed E-state index contributed by atoms with van der Waals surface area (Å²) in [6.45, 7) is 3.87. The van der Waals surface area contributed by atoms with Crippen LogP contribution >= 0.6 is 11.8 Å². The number of nitrogens with zero attached hydrogens (tertiary/aromatic N) is 4. The van der Waals surface area contributed by atoms with Crippen LogP contribution in [-0.4, -0.2) is 31.1 Å². The second-order valence-electron chi connectivity index (χ2n) is 5.90. The maximum Gasteiger partial charge on any atom is 0.239 e. The number of carbonyl (C=O) groups excluding carboxylic acids is 1. The third kappa shape index (κ3) is 4.16. The minimum absolute atomic E-state index is 0.126. The fourth-order valence-electron chi connectivity index (χ4n) is 2.43. The van der Waals surface area contributed by atoms with Gasteiger partial charge >= 0.3 is 0 Å². The van der Waals surface area contributed by atoms with Crippen molar-refractivity contribution in [2.75, 3.05) is 5.32 Å². The van der Waals surface area contributed by atoms with Gasteiger partial charge in [-0.2, -0.15) is 0 Å². The molecule has 1 amide bonds. The van der Waals surface area contributed by atoms with Gasteiger partial charge in [-0.15, -0.1) is 10.2 Å². The third-order valence-corrected chi connectivity index (χ3v) is 5.12. The van der Waals surface area contributed by atoms with E-state index in [2.05, 4.69) is 27.6 Å². The van der Waals surface area contributed by atoms with Crippen LogP contribution in [0.3, 0.4) is 0 Å². The summed E-state index contributed by atoms with van der Waals surface area (Å²) in [5.74, 6) is 2.20. The van der Waals surface area contributed by atoms with Gasteiger partial charge in [-0.05, 0) is 25.5 Å². The van der Waals surface area contributed by atoms with Crippen LogP contribution in [0.5, 0.6) is 0 Å². The van der Waals surface area contributed by atoms with E-state index in [1.54, 1.807) is 25.3 Å². The molecule has 9 heteroatoms. The topological polar surface area (TPSA) is 99.0 Å². The van der Waals surface area contributed by atoms with Gasteiger partial charge < -0.3 is 18.8 Å². The predicted octanol–water partition coefficient (Wildman–Crippen LogP) is 3.66. The monoisotopic (exact) mass is 375 g/mol. The molecule has 0 aromatic carbocycles. The fraction of sp³-hybridized carbons (Fsp3) is 0.412. The number of hydrogen-bond donors (Lipinski definition) is 1. The number of furan rings is 1. The van der Waals surface area contributed by atoms with Crippen molar-refractivity contribution in [3.8, 4) is 11.6 Å². The third-order valence-electron chi connectivity index (χ3n) is 3.82. The summed E-state index contributed by atoms with van der Waals surface area (Å²) in [5, 5.41) is 15.4. The first-order valence-corrected chi connectivity index (χ1v) is 9.30. The average Bonchev–Trinajstić information content (AvgIpc) is 3.34. The van der Waals surface area contributed by atoms with Crippen molar-refractivity contribution >= 4 is 23.5 Å². The van der Waals surface area contributed by atoms with E-state index in [4.69, 9.17) is 8.94 Å². The second kappa shape index (κ2) is 8.22. The minimum atomic E-state index is -0.306. The molecule has 0 radical (unpaired) electrons. The zero-order chi connectivity index (χ0) is 18.5. The van der Waals surface area contributed by atoms with Gasteiger partial charge in [0.15, 0.2) is 22.6 Å². The maximum absolute atomic E-state index is 12.7. The smallest absolute Gasteiger partial charge is 0.239 e. The summed E-state index contributed by atoms with van der Waals surface area (Å²) in [7, 11) is 1.86. The Bertz CT molecular complexity index is 856. The van der Waals surface area contributed by atoms with Crippen molar-refractivity contribution in [3.05, 3.63) is 30.2 Å². The summed E-state index contributed by atoms with van der Waals surface area (Å²) < 4.78 is 12.2. The molecule has 8 nitrogen and oxygen atoms in total. The number of aromatic nitrogens is 4. The van der Waals surface area contributed by atoms with Gasteiger partial charge in [-0.3, -0.25) is 4.79 Å². The van der Waals surface area contributed by atoms with E-state index in [1.807, 2.05) is 17.7 Å². The van der Waals surface area contributed by atoms with Crippen LogP contribution in [0.1, 0.15) is 31.9 Å². The quantitative estimate of drug-likeness (QED) is 0.600. The van der Waals surface area contributed by atoms with Crippen LogP contribution in [-0.2, 0) is 11.8 Å². The fourth-order valence-corrected chi connectivity index (χ4v) is 3.47. The molecule has 0 spiro atoms. The van der Waals surface area contributed by atoms with Crippen LogP contribution < -0.4 is 5.32 Å². The normalized spacial score (nSPS) is 12.3. The van der Waals surface area contributed by atoms with Crippen molar-refractivity contribution in [2.45, 2.75) is 43.5 Å². The molecule has 1 unspecified atom stereocenters. The summed E-state index contributed by atoms with van der Waals surface area (Å²) >= 11 is 1.38. The summed E-state index contributed by atoms with van der Waals surface area (Å²) in [5.41, 5.74) is 0. The van der Waals surface area contributed by atoms with E-state index in [1.165, 1.54) is 11.8 Å². The van der Waals surface area contributed by atoms with Crippen molar-refractivity contribution in [1.82, 2.24) is 19.9 Å². The molecule has 0 aliphatic carbocycles. The summed E-state index contributed by atoms with van der Waals surface area (Å²) in [6, 6.07) is 5.32. The highest BCUT2D eigenvalue weighted by molar-refractivity contribution is 8.00. The molecule has 1 N–H and O–H groups in total. The number of anilines is 1. The second-order valence-corrected chi connectivity index (χ2v) is 7.07. The molecule has 3 heterocycles. The largest absolute Gasteiger partial charge is 0.461 e. The van der Waals surface area contributed by atoms with Crippen molar-refractivity contribution in [1.29, 1.82) is 0 Å². The zero-order valence-electron chi connectivity index (χ0n) is 14.9. The highest BCUT2D eigenvalue weighted by atomic mass is 32.2. The van der Waals surface area contributed by atoms with E-state index >= 15 is 0 Å². The van der Waals surface area contributed by atoms with E-state index < -0.39 is 0 Å². The highest BCUT2D eigenvalue weighted by Gasteiger charge is 2.24. The molecule has 0 aliphatic heterocycles. The molecule has 3 aromatic rings. The molecular formula is C17H21N5O3S. The van der Waals surface area contributed by atoms with Crippen molar-refractivity contribution in [3.63, 3.8) is 0 Å². The van der Waals surface area contributed by atoms with Crippen LogP contribution in [0.4, 0.5) is 5.82 Å². The number of aryl methyl sites for hydroxylation is 1. The Morgan fingerprint density at radius 1 is 1.42 bits per heavy atom. The van der Waals surface area contributed by atoms with Crippen LogP contribution in [0.2, 0.25) is 0 Å². The first-order valence-electron chi connectivity index (χ1n) is 8.42. The average molecular weight is 375 g/mol. The number of unbranched alkanes of at least 4 members (excludes halogenated alkanes) is 1. The molecule has 0 saturated heterocycles. The van der Waals surface area contributed by atoms with E-state index in [9.17, 15) is 4.79 Å². The summed E-state index contributed by atoms with van der Waals surface area (Å²) in [4.78, 5) is 12.7. The molecule has 138 valence electrons. The Morgan fingerprint density at radius 3 is 2.92 bits per heavy atom. The molecule has 0 fully saturated rings. The van der Waals surface area contributed by atoms with Gasteiger partial charge in [0.05, 0.1) is 11.5 Å². The van der Waals surface area contributed by atoms with Gasteiger partial charge in [0.25, 0.3) is 0 Å². The lowest BCUT2D eigenvalue weighted by Gasteiger charge is -2.14. The number of amides is 1. The molecule has 0 bridgehead atoms. The van der Waals surface area contributed by atoms with Gasteiger partial charge in [-0.25, -0.2) is 0 Å². The van der Waals surface area contributed by atoms with Gasteiger partial charge in [0.1, 0.15) is 5.76 Å². The Labute approximate surface area is 155 Å². The lowest BCUT2D eigenvalue weighted by molar-refractivity contribution is -0.115. The van der Waals surface area contributed by atoms with E-state index in [0.29, 0.717) is 28.3 Å². The standard InChI is InChI=1S/C17H21N5O3S/c1-4-5-8-13(16(23)18-14-10-11(2)25-21-14)26-17-20-19-15(22(17)3)12-7-6-9-24-12/h6-7,9-10,13H,4-5,8H2,1-3H3,(H,18,21,23). The lowest BCUT2D eigenvalue weighted by Crippen LogP contribution is -2.25. The number of rotatable bonds is 8. The van der Waals surface area contributed by atoms with Crippen molar-refractivity contribution in [2.24, 2.45) is 7.05 Å². The number of carbonyl (C=O) groups is 1. The first kappa shape index (κ1) is 18.2. The van der Waals surface area contributed by atoms with Crippen LogP contribution in [0.25, 0.3) is 11.6 Å². The molecule has 0 saturated carbocycles. The molecular weight excluding hydrogens is 354 g/mol. The molecule has 1 atom stereocenters. The Hall–Kier alpha value is -2.55. The number of nitrogens with one attached hydrogen (secondary N) is 1. The Morgan fingerprint density at radius 2 is 2.27 bits per heavy atom. The maximum atomic E-state index is 12.7. The SMILES string of the molecule is CCCCC(Sc1nnc(-c2ccco2)n1C)C(=O)Nc1cc(C)on1. The Balaban J connectivity index is 1.75. The Kier molecular flexibility index (Phi) is 5.77. The number of thioether (sulfide) groups is 1. The van der Waals surface area contributed by atoms with Crippen LogP contribution in [0, 0.1) is 6.92 Å².